The molecule has 0 aliphatic heterocycles. The zero-order valence-corrected chi connectivity index (χ0v) is 14.9. The largest absolute Gasteiger partial charge is 0.495 e. The predicted octanol–water partition coefficient (Wildman–Crippen LogP) is 3.91. The fraction of sp³-hybridized carbons (Fsp3) is 0.250. The number of benzene rings is 2. The first-order chi connectivity index (χ1) is 11.0. The molecule has 4 nitrogen and oxygen atoms in total. The second-order valence-electron chi connectivity index (χ2n) is 4.88. The highest BCUT2D eigenvalue weighted by Crippen LogP contribution is 2.36. The minimum Gasteiger partial charge on any atom is -0.495 e. The summed E-state index contributed by atoms with van der Waals surface area (Å²) in [5.41, 5.74) is 1.16. The van der Waals surface area contributed by atoms with Crippen LogP contribution in [0.25, 0.3) is 0 Å². The van der Waals surface area contributed by atoms with E-state index in [0.717, 1.165) is 12.0 Å². The zero-order chi connectivity index (χ0) is 16.9. The van der Waals surface area contributed by atoms with Gasteiger partial charge in [0, 0.05) is 6.54 Å². The Bertz CT molecular complexity index is 764. The van der Waals surface area contributed by atoms with E-state index >= 15 is 0 Å². The molecule has 0 saturated carbocycles. The Hall–Kier alpha value is -1.27. The number of halogens is 2. The molecule has 0 unspecified atom stereocenters. The normalized spacial score (nSPS) is 11.4. The van der Waals surface area contributed by atoms with Gasteiger partial charge in [0.25, 0.3) is 0 Å². The number of methoxy groups -OCH3 is 1. The summed E-state index contributed by atoms with van der Waals surface area (Å²) in [5.74, 6) is 0.333. The van der Waals surface area contributed by atoms with Gasteiger partial charge in [0.2, 0.25) is 10.0 Å². The number of ether oxygens (including phenoxy) is 1. The maximum absolute atomic E-state index is 12.3. The molecule has 0 fully saturated rings. The number of hydrogen-bond acceptors (Lipinski definition) is 3. The van der Waals surface area contributed by atoms with Gasteiger partial charge >= 0.3 is 0 Å². The lowest BCUT2D eigenvalue weighted by molar-refractivity contribution is 0.414. The van der Waals surface area contributed by atoms with E-state index in [4.69, 9.17) is 27.9 Å². The molecule has 0 heterocycles. The maximum Gasteiger partial charge on any atom is 0.242 e. The predicted molar refractivity (Wildman–Crippen MR) is 93.0 cm³/mol. The van der Waals surface area contributed by atoms with Crippen molar-refractivity contribution < 1.29 is 13.2 Å². The number of sulfonamides is 1. The quantitative estimate of drug-likeness (QED) is 0.748. The lowest BCUT2D eigenvalue weighted by Crippen LogP contribution is -2.25. The molecule has 0 bridgehead atoms. The molecule has 0 aliphatic carbocycles. The summed E-state index contributed by atoms with van der Waals surface area (Å²) < 4.78 is 32.2. The summed E-state index contributed by atoms with van der Waals surface area (Å²) in [6.45, 7) is 0.317. The Morgan fingerprint density at radius 3 is 2.39 bits per heavy atom. The lowest BCUT2D eigenvalue weighted by atomic mass is 10.1. The fourth-order valence-corrected chi connectivity index (χ4v) is 4.01. The van der Waals surface area contributed by atoms with Gasteiger partial charge in [-0.3, -0.25) is 0 Å². The highest BCUT2D eigenvalue weighted by atomic mass is 35.5. The third kappa shape index (κ3) is 4.61. The van der Waals surface area contributed by atoms with E-state index in [2.05, 4.69) is 4.72 Å². The summed E-state index contributed by atoms with van der Waals surface area (Å²) in [4.78, 5) is -0.0512. The smallest absolute Gasteiger partial charge is 0.242 e. The SMILES string of the molecule is COc1ccc(S(=O)(=O)NCCCc2ccccc2)c(Cl)c1Cl. The van der Waals surface area contributed by atoms with Crippen LogP contribution in [0.5, 0.6) is 5.75 Å². The Kier molecular flexibility index (Phi) is 6.30. The number of aryl methyl sites for hydroxylation is 1. The van der Waals surface area contributed by atoms with Crippen molar-refractivity contribution in [2.45, 2.75) is 17.7 Å². The standard InChI is InChI=1S/C16H17Cl2NO3S/c1-22-13-9-10-14(16(18)15(13)17)23(20,21)19-11-5-8-12-6-3-2-4-7-12/h2-4,6-7,9-10,19H,5,8,11H2,1H3. The highest BCUT2D eigenvalue weighted by molar-refractivity contribution is 7.89. The van der Waals surface area contributed by atoms with Gasteiger partial charge in [-0.1, -0.05) is 53.5 Å². The number of rotatable bonds is 7. The molecular formula is C16H17Cl2NO3S. The Labute approximate surface area is 146 Å². The molecule has 0 radical (unpaired) electrons. The summed E-state index contributed by atoms with van der Waals surface area (Å²) in [6.07, 6.45) is 1.48. The van der Waals surface area contributed by atoms with Crippen LogP contribution in [0.1, 0.15) is 12.0 Å². The first-order valence-corrected chi connectivity index (χ1v) is 9.25. The van der Waals surface area contributed by atoms with Gasteiger partial charge in [-0.2, -0.15) is 0 Å². The van der Waals surface area contributed by atoms with Crippen LogP contribution >= 0.6 is 23.2 Å². The van der Waals surface area contributed by atoms with Crippen LogP contribution < -0.4 is 9.46 Å². The van der Waals surface area contributed by atoms with E-state index in [9.17, 15) is 8.42 Å². The molecule has 2 aromatic rings. The van der Waals surface area contributed by atoms with Crippen molar-refractivity contribution in [3.8, 4) is 5.75 Å². The minimum absolute atomic E-state index is 0.0402. The Balaban J connectivity index is 2.01. The van der Waals surface area contributed by atoms with Crippen molar-refractivity contribution in [2.75, 3.05) is 13.7 Å². The van der Waals surface area contributed by atoms with Crippen LogP contribution in [0, 0.1) is 0 Å². The summed E-state index contributed by atoms with van der Waals surface area (Å²) in [6, 6.07) is 12.7. The molecule has 0 aromatic heterocycles. The van der Waals surface area contributed by atoms with Crippen LogP contribution in [0.3, 0.4) is 0 Å². The van der Waals surface area contributed by atoms with E-state index in [1.54, 1.807) is 0 Å². The topological polar surface area (TPSA) is 55.4 Å². The van der Waals surface area contributed by atoms with Crippen LogP contribution in [-0.4, -0.2) is 22.1 Å². The minimum atomic E-state index is -3.71. The first-order valence-electron chi connectivity index (χ1n) is 7.01. The van der Waals surface area contributed by atoms with Crippen molar-refractivity contribution in [2.24, 2.45) is 0 Å². The van der Waals surface area contributed by atoms with E-state index in [0.29, 0.717) is 18.7 Å². The second-order valence-corrected chi connectivity index (χ2v) is 7.37. The lowest BCUT2D eigenvalue weighted by Gasteiger charge is -2.11. The molecule has 2 aromatic carbocycles. The molecule has 7 heteroatoms. The molecule has 124 valence electrons. The van der Waals surface area contributed by atoms with Crippen molar-refractivity contribution in [1.29, 1.82) is 0 Å². The summed E-state index contributed by atoms with van der Waals surface area (Å²) in [7, 11) is -2.28. The van der Waals surface area contributed by atoms with Gasteiger partial charge in [0.05, 0.1) is 12.1 Å². The molecule has 2 rings (SSSR count). The van der Waals surface area contributed by atoms with Crippen LogP contribution in [0.4, 0.5) is 0 Å². The van der Waals surface area contributed by atoms with Gasteiger partial charge in [-0.25, -0.2) is 13.1 Å². The molecule has 0 atom stereocenters. The maximum atomic E-state index is 12.3. The molecule has 1 N–H and O–H groups in total. The van der Waals surface area contributed by atoms with Gasteiger partial charge in [0.15, 0.2) is 0 Å². The van der Waals surface area contributed by atoms with E-state index in [1.807, 2.05) is 30.3 Å². The van der Waals surface area contributed by atoms with Crippen LogP contribution in [0.15, 0.2) is 47.4 Å². The van der Waals surface area contributed by atoms with Gasteiger partial charge < -0.3 is 4.74 Å². The average Bonchev–Trinajstić information content (AvgIpc) is 2.55. The number of nitrogens with one attached hydrogen (secondary N) is 1. The van der Waals surface area contributed by atoms with Crippen molar-refractivity contribution in [3.05, 3.63) is 58.1 Å². The van der Waals surface area contributed by atoms with Gasteiger partial charge in [-0.15, -0.1) is 0 Å². The van der Waals surface area contributed by atoms with Crippen LogP contribution in [0.2, 0.25) is 10.0 Å². The third-order valence-electron chi connectivity index (χ3n) is 3.30. The van der Waals surface area contributed by atoms with Crippen LogP contribution in [-0.2, 0) is 16.4 Å². The molecule has 0 spiro atoms. The number of hydrogen-bond donors (Lipinski definition) is 1. The Morgan fingerprint density at radius 2 is 1.74 bits per heavy atom. The first kappa shape index (κ1) is 18.1. The molecule has 0 amide bonds. The summed E-state index contributed by atoms with van der Waals surface area (Å²) in [5, 5.41) is 0.0444. The van der Waals surface area contributed by atoms with Gasteiger partial charge in [-0.05, 0) is 30.5 Å². The van der Waals surface area contributed by atoms with E-state index in [-0.39, 0.29) is 14.9 Å². The van der Waals surface area contributed by atoms with E-state index in [1.165, 1.54) is 19.2 Å². The van der Waals surface area contributed by atoms with Crippen molar-refractivity contribution >= 4 is 33.2 Å². The summed E-state index contributed by atoms with van der Waals surface area (Å²) >= 11 is 12.0. The van der Waals surface area contributed by atoms with Crippen molar-refractivity contribution in [1.82, 2.24) is 4.72 Å². The van der Waals surface area contributed by atoms with Crippen molar-refractivity contribution in [3.63, 3.8) is 0 Å². The molecule has 0 saturated heterocycles. The van der Waals surface area contributed by atoms with E-state index < -0.39 is 10.0 Å². The highest BCUT2D eigenvalue weighted by Gasteiger charge is 2.21. The third-order valence-corrected chi connectivity index (χ3v) is 5.78. The molecule has 23 heavy (non-hydrogen) atoms. The zero-order valence-electron chi connectivity index (χ0n) is 12.6. The van der Waals surface area contributed by atoms with Gasteiger partial charge in [0.1, 0.15) is 15.7 Å². The second kappa shape index (κ2) is 8.02. The Morgan fingerprint density at radius 1 is 1.04 bits per heavy atom. The average molecular weight is 374 g/mol. The monoisotopic (exact) mass is 373 g/mol. The molecular weight excluding hydrogens is 357 g/mol. The molecule has 0 aliphatic rings. The fourth-order valence-electron chi connectivity index (χ4n) is 2.10.